The van der Waals surface area contributed by atoms with Gasteiger partial charge in [-0.25, -0.2) is 0 Å². The standard InChI is InChI=1S/C11H19BrN2O3/c1-8(2)10(12)11(16)13-7-9(15)14-3-5-17-6-4-14/h8,10H,3-7H2,1-2H3,(H,13,16). The first-order valence-corrected chi connectivity index (χ1v) is 6.71. The van der Waals surface area contributed by atoms with Gasteiger partial charge in [0.1, 0.15) is 0 Å². The molecule has 0 aromatic carbocycles. The summed E-state index contributed by atoms with van der Waals surface area (Å²) in [6.45, 7) is 6.33. The largest absolute Gasteiger partial charge is 0.378 e. The number of carbonyl (C=O) groups excluding carboxylic acids is 2. The van der Waals surface area contributed by atoms with Crippen LogP contribution in [0.2, 0.25) is 0 Å². The Kier molecular flexibility index (Phi) is 5.91. The van der Waals surface area contributed by atoms with Crippen molar-refractivity contribution >= 4 is 27.7 Å². The van der Waals surface area contributed by atoms with Crippen LogP contribution < -0.4 is 5.32 Å². The number of nitrogens with one attached hydrogen (secondary N) is 1. The highest BCUT2D eigenvalue weighted by molar-refractivity contribution is 9.10. The Balaban J connectivity index is 2.29. The third-order valence-electron chi connectivity index (χ3n) is 2.61. The molecule has 1 atom stereocenters. The van der Waals surface area contributed by atoms with Crippen molar-refractivity contribution in [3.63, 3.8) is 0 Å². The average Bonchev–Trinajstić information content (AvgIpc) is 2.35. The van der Waals surface area contributed by atoms with Gasteiger partial charge in [0.25, 0.3) is 0 Å². The van der Waals surface area contributed by atoms with E-state index in [1.807, 2.05) is 13.8 Å². The van der Waals surface area contributed by atoms with Crippen LogP contribution in [0.5, 0.6) is 0 Å². The van der Waals surface area contributed by atoms with Crippen molar-refractivity contribution in [2.75, 3.05) is 32.8 Å². The Bertz CT molecular complexity index is 278. The maximum atomic E-state index is 11.7. The molecule has 1 rings (SSSR count). The second kappa shape index (κ2) is 6.96. The number of rotatable bonds is 4. The van der Waals surface area contributed by atoms with Gasteiger partial charge in [0.15, 0.2) is 0 Å². The molecule has 0 bridgehead atoms. The van der Waals surface area contributed by atoms with E-state index in [-0.39, 0.29) is 29.1 Å². The molecule has 1 fully saturated rings. The number of hydrogen-bond donors (Lipinski definition) is 1. The predicted molar refractivity (Wildman–Crippen MR) is 68.0 cm³/mol. The number of ether oxygens (including phenoxy) is 1. The number of alkyl halides is 1. The van der Waals surface area contributed by atoms with E-state index < -0.39 is 0 Å². The van der Waals surface area contributed by atoms with Gasteiger partial charge in [0.05, 0.1) is 24.6 Å². The molecule has 0 aliphatic carbocycles. The molecule has 1 heterocycles. The zero-order valence-corrected chi connectivity index (χ0v) is 11.8. The van der Waals surface area contributed by atoms with Gasteiger partial charge in [0, 0.05) is 13.1 Å². The van der Waals surface area contributed by atoms with Gasteiger partial charge < -0.3 is 15.0 Å². The lowest BCUT2D eigenvalue weighted by Gasteiger charge is -2.27. The van der Waals surface area contributed by atoms with Gasteiger partial charge in [-0.3, -0.25) is 9.59 Å². The fraction of sp³-hybridized carbons (Fsp3) is 0.818. The highest BCUT2D eigenvalue weighted by atomic mass is 79.9. The fourth-order valence-electron chi connectivity index (χ4n) is 1.49. The normalized spacial score (nSPS) is 18.0. The summed E-state index contributed by atoms with van der Waals surface area (Å²) >= 11 is 3.30. The monoisotopic (exact) mass is 306 g/mol. The second-order valence-corrected chi connectivity index (χ2v) is 5.34. The molecule has 0 aromatic rings. The summed E-state index contributed by atoms with van der Waals surface area (Å²) < 4.78 is 5.16. The Hall–Kier alpha value is -0.620. The Labute approximate surface area is 110 Å². The van der Waals surface area contributed by atoms with Gasteiger partial charge in [-0.1, -0.05) is 29.8 Å². The lowest BCUT2D eigenvalue weighted by atomic mass is 10.1. The van der Waals surface area contributed by atoms with Gasteiger partial charge in [-0.15, -0.1) is 0 Å². The van der Waals surface area contributed by atoms with E-state index in [0.29, 0.717) is 26.3 Å². The van der Waals surface area contributed by atoms with Crippen LogP contribution >= 0.6 is 15.9 Å². The third-order valence-corrected chi connectivity index (χ3v) is 4.09. The molecule has 6 heteroatoms. The Morgan fingerprint density at radius 3 is 2.47 bits per heavy atom. The fourth-order valence-corrected chi connectivity index (χ4v) is 1.65. The summed E-state index contributed by atoms with van der Waals surface area (Å²) in [5.74, 6) is 0.0141. The first kappa shape index (κ1) is 14.4. The highest BCUT2D eigenvalue weighted by Crippen LogP contribution is 2.11. The molecule has 1 unspecified atom stereocenters. The summed E-state index contributed by atoms with van der Waals surface area (Å²) in [4.78, 5) is 24.8. The van der Waals surface area contributed by atoms with E-state index in [1.165, 1.54) is 0 Å². The van der Waals surface area contributed by atoms with Crippen LogP contribution in [0, 0.1) is 5.92 Å². The molecule has 2 amide bonds. The van der Waals surface area contributed by atoms with Crippen LogP contribution in [-0.2, 0) is 14.3 Å². The molecular weight excluding hydrogens is 288 g/mol. The van der Waals surface area contributed by atoms with E-state index >= 15 is 0 Å². The average molecular weight is 307 g/mol. The highest BCUT2D eigenvalue weighted by Gasteiger charge is 2.21. The van der Waals surface area contributed by atoms with Crippen molar-refractivity contribution in [3.8, 4) is 0 Å². The molecule has 0 radical (unpaired) electrons. The van der Waals surface area contributed by atoms with Crippen LogP contribution in [0.25, 0.3) is 0 Å². The summed E-state index contributed by atoms with van der Waals surface area (Å²) in [5.41, 5.74) is 0. The topological polar surface area (TPSA) is 58.6 Å². The zero-order chi connectivity index (χ0) is 12.8. The zero-order valence-electron chi connectivity index (χ0n) is 10.2. The van der Waals surface area contributed by atoms with E-state index in [2.05, 4.69) is 21.2 Å². The quantitative estimate of drug-likeness (QED) is 0.764. The molecule has 5 nitrogen and oxygen atoms in total. The third kappa shape index (κ3) is 4.63. The smallest absolute Gasteiger partial charge is 0.242 e. The Morgan fingerprint density at radius 1 is 1.35 bits per heavy atom. The molecule has 1 saturated heterocycles. The van der Waals surface area contributed by atoms with Crippen molar-refractivity contribution in [2.24, 2.45) is 5.92 Å². The summed E-state index contributed by atoms with van der Waals surface area (Å²) in [6, 6.07) is 0. The van der Waals surface area contributed by atoms with Gasteiger partial charge >= 0.3 is 0 Å². The van der Waals surface area contributed by atoms with E-state index in [1.54, 1.807) is 4.90 Å². The number of carbonyl (C=O) groups is 2. The van der Waals surface area contributed by atoms with Crippen molar-refractivity contribution < 1.29 is 14.3 Å². The number of nitrogens with zero attached hydrogens (tertiary/aromatic N) is 1. The van der Waals surface area contributed by atoms with E-state index in [0.717, 1.165) is 0 Å². The van der Waals surface area contributed by atoms with Crippen LogP contribution in [0.1, 0.15) is 13.8 Å². The molecule has 0 aromatic heterocycles. The van der Waals surface area contributed by atoms with Gasteiger partial charge in [-0.2, -0.15) is 0 Å². The minimum atomic E-state index is -0.250. The second-order valence-electron chi connectivity index (χ2n) is 4.36. The van der Waals surface area contributed by atoms with Gasteiger partial charge in [0.2, 0.25) is 11.8 Å². The molecule has 0 saturated carbocycles. The van der Waals surface area contributed by atoms with Crippen LogP contribution in [0.3, 0.4) is 0 Å². The predicted octanol–water partition coefficient (Wildman–Crippen LogP) is 0.381. The summed E-state index contributed by atoms with van der Waals surface area (Å²) in [7, 11) is 0. The van der Waals surface area contributed by atoms with Crippen LogP contribution in [0.15, 0.2) is 0 Å². The minimum Gasteiger partial charge on any atom is -0.378 e. The summed E-state index contributed by atoms with van der Waals surface area (Å²) in [5, 5.41) is 2.64. The Morgan fingerprint density at radius 2 is 1.94 bits per heavy atom. The maximum absolute atomic E-state index is 11.7. The SMILES string of the molecule is CC(C)C(Br)C(=O)NCC(=O)N1CCOCC1. The van der Waals surface area contributed by atoms with Crippen molar-refractivity contribution in [2.45, 2.75) is 18.7 Å². The van der Waals surface area contributed by atoms with E-state index in [4.69, 9.17) is 4.74 Å². The summed E-state index contributed by atoms with van der Waals surface area (Å²) in [6.07, 6.45) is 0. The molecule has 1 aliphatic heterocycles. The number of morpholine rings is 1. The molecule has 1 aliphatic rings. The lowest BCUT2D eigenvalue weighted by Crippen LogP contribution is -2.47. The number of halogens is 1. The van der Waals surface area contributed by atoms with Crippen LogP contribution in [0.4, 0.5) is 0 Å². The van der Waals surface area contributed by atoms with Crippen molar-refractivity contribution in [3.05, 3.63) is 0 Å². The first-order chi connectivity index (χ1) is 8.02. The lowest BCUT2D eigenvalue weighted by molar-refractivity contribution is -0.136. The van der Waals surface area contributed by atoms with Crippen molar-refractivity contribution in [1.29, 1.82) is 0 Å². The molecular formula is C11H19BrN2O3. The number of hydrogen-bond acceptors (Lipinski definition) is 3. The molecule has 1 N–H and O–H groups in total. The molecule has 0 spiro atoms. The van der Waals surface area contributed by atoms with E-state index in [9.17, 15) is 9.59 Å². The molecule has 98 valence electrons. The van der Waals surface area contributed by atoms with Crippen LogP contribution in [-0.4, -0.2) is 54.4 Å². The molecule has 17 heavy (non-hydrogen) atoms. The first-order valence-electron chi connectivity index (χ1n) is 5.79. The van der Waals surface area contributed by atoms with Gasteiger partial charge in [-0.05, 0) is 5.92 Å². The minimum absolute atomic E-state index is 0.0508. The van der Waals surface area contributed by atoms with Crippen molar-refractivity contribution in [1.82, 2.24) is 10.2 Å². The number of amides is 2. The maximum Gasteiger partial charge on any atom is 0.242 e.